The van der Waals surface area contributed by atoms with Crippen molar-refractivity contribution in [2.75, 3.05) is 13.2 Å². The monoisotopic (exact) mass is 303 g/mol. The van der Waals surface area contributed by atoms with E-state index in [2.05, 4.69) is 4.74 Å². The van der Waals surface area contributed by atoms with Gasteiger partial charge in [-0.15, -0.1) is 13.2 Å². The van der Waals surface area contributed by atoms with Gasteiger partial charge in [0, 0.05) is 12.1 Å². The van der Waals surface area contributed by atoms with Gasteiger partial charge < -0.3 is 14.4 Å². The smallest absolute Gasteiger partial charge is 0.406 e. The lowest BCUT2D eigenvalue weighted by Crippen LogP contribution is -2.50. The molecular formula is C14H16F3NO3. The van der Waals surface area contributed by atoms with Gasteiger partial charge in [0.1, 0.15) is 5.75 Å². The lowest BCUT2D eigenvalue weighted by molar-refractivity contribution is -0.274. The van der Waals surface area contributed by atoms with Gasteiger partial charge in [0.05, 0.1) is 18.8 Å². The number of morpholine rings is 1. The maximum absolute atomic E-state index is 12.4. The van der Waals surface area contributed by atoms with Gasteiger partial charge in [-0.05, 0) is 38.1 Å². The third-order valence-corrected chi connectivity index (χ3v) is 3.20. The molecule has 0 N–H and O–H groups in total. The summed E-state index contributed by atoms with van der Waals surface area (Å²) in [6.45, 7) is 4.64. The zero-order chi connectivity index (χ0) is 15.6. The third-order valence-electron chi connectivity index (χ3n) is 3.20. The van der Waals surface area contributed by atoms with E-state index in [4.69, 9.17) is 4.74 Å². The predicted molar refractivity (Wildman–Crippen MR) is 69.0 cm³/mol. The molecule has 1 heterocycles. The van der Waals surface area contributed by atoms with E-state index in [0.29, 0.717) is 18.7 Å². The fraction of sp³-hybridized carbons (Fsp3) is 0.500. The Morgan fingerprint density at radius 1 is 1.29 bits per heavy atom. The van der Waals surface area contributed by atoms with E-state index in [9.17, 15) is 18.0 Å². The number of ether oxygens (including phenoxy) is 2. The van der Waals surface area contributed by atoms with Crippen LogP contribution in [0.4, 0.5) is 13.2 Å². The van der Waals surface area contributed by atoms with Crippen LogP contribution in [0.2, 0.25) is 0 Å². The maximum Gasteiger partial charge on any atom is 0.573 e. The number of hydrogen-bond donors (Lipinski definition) is 0. The molecule has 0 aromatic heterocycles. The van der Waals surface area contributed by atoms with Gasteiger partial charge in [-0.3, -0.25) is 4.79 Å². The summed E-state index contributed by atoms with van der Waals surface area (Å²) in [4.78, 5) is 14.0. The number of halogens is 3. The Morgan fingerprint density at radius 3 is 2.48 bits per heavy atom. The molecule has 2 rings (SSSR count). The van der Waals surface area contributed by atoms with E-state index in [1.165, 1.54) is 12.1 Å². The minimum atomic E-state index is -4.74. The zero-order valence-electron chi connectivity index (χ0n) is 11.7. The molecule has 0 spiro atoms. The molecule has 2 unspecified atom stereocenters. The normalized spacial score (nSPS) is 23.0. The van der Waals surface area contributed by atoms with Crippen molar-refractivity contribution in [2.24, 2.45) is 0 Å². The first kappa shape index (κ1) is 15.6. The number of hydrogen-bond acceptors (Lipinski definition) is 3. The maximum atomic E-state index is 12.4. The number of carbonyl (C=O) groups is 1. The number of rotatable bonds is 2. The second-order valence-electron chi connectivity index (χ2n) is 5.02. The summed E-state index contributed by atoms with van der Waals surface area (Å²) in [6, 6.07) is 4.86. The number of alkyl halides is 3. The molecule has 0 saturated carbocycles. The first-order chi connectivity index (χ1) is 9.76. The first-order valence-electron chi connectivity index (χ1n) is 6.54. The van der Waals surface area contributed by atoms with Crippen LogP contribution in [0.1, 0.15) is 24.2 Å². The molecule has 0 aliphatic carbocycles. The molecule has 116 valence electrons. The average Bonchev–Trinajstić information content (AvgIpc) is 2.40. The summed E-state index contributed by atoms with van der Waals surface area (Å²) < 4.78 is 45.4. The predicted octanol–water partition coefficient (Wildman–Crippen LogP) is 2.83. The van der Waals surface area contributed by atoms with E-state index in [-0.39, 0.29) is 23.8 Å². The topological polar surface area (TPSA) is 38.8 Å². The van der Waals surface area contributed by atoms with Crippen LogP contribution in [0.25, 0.3) is 0 Å². The molecule has 21 heavy (non-hydrogen) atoms. The van der Waals surface area contributed by atoms with Crippen molar-refractivity contribution < 1.29 is 27.4 Å². The molecule has 0 radical (unpaired) electrons. The molecule has 1 amide bonds. The number of carbonyl (C=O) groups excluding carboxylic acids is 1. The average molecular weight is 303 g/mol. The Bertz CT molecular complexity index is 501. The lowest BCUT2D eigenvalue weighted by atomic mass is 10.1. The van der Waals surface area contributed by atoms with Gasteiger partial charge in [0.25, 0.3) is 5.91 Å². The van der Waals surface area contributed by atoms with E-state index < -0.39 is 6.36 Å². The Balaban J connectivity index is 2.09. The number of nitrogens with zero attached hydrogens (tertiary/aromatic N) is 1. The van der Waals surface area contributed by atoms with Crippen molar-refractivity contribution in [3.63, 3.8) is 0 Å². The highest BCUT2D eigenvalue weighted by molar-refractivity contribution is 5.94. The Labute approximate surface area is 120 Å². The highest BCUT2D eigenvalue weighted by Crippen LogP contribution is 2.23. The second-order valence-corrected chi connectivity index (χ2v) is 5.02. The van der Waals surface area contributed by atoms with Crippen LogP contribution < -0.4 is 4.74 Å². The van der Waals surface area contributed by atoms with Crippen molar-refractivity contribution in [1.29, 1.82) is 0 Å². The Hall–Kier alpha value is -1.76. The molecule has 0 bridgehead atoms. The third kappa shape index (κ3) is 4.10. The second kappa shape index (κ2) is 5.93. The van der Waals surface area contributed by atoms with Crippen LogP contribution in [0.15, 0.2) is 24.3 Å². The largest absolute Gasteiger partial charge is 0.573 e. The number of benzene rings is 1. The Kier molecular flexibility index (Phi) is 4.41. The summed E-state index contributed by atoms with van der Waals surface area (Å²) in [6.07, 6.45) is -4.79. The van der Waals surface area contributed by atoms with E-state index in [1.807, 2.05) is 13.8 Å². The van der Waals surface area contributed by atoms with Crippen LogP contribution >= 0.6 is 0 Å². The minimum absolute atomic E-state index is 0.0574. The molecule has 1 aliphatic rings. The van der Waals surface area contributed by atoms with Gasteiger partial charge in [-0.2, -0.15) is 0 Å². The minimum Gasteiger partial charge on any atom is -0.406 e. The van der Waals surface area contributed by atoms with E-state index >= 15 is 0 Å². The molecular weight excluding hydrogens is 287 g/mol. The highest BCUT2D eigenvalue weighted by atomic mass is 19.4. The van der Waals surface area contributed by atoms with Crippen LogP contribution in [0.3, 0.4) is 0 Å². The van der Waals surface area contributed by atoms with Crippen LogP contribution in [-0.2, 0) is 4.74 Å². The fourth-order valence-electron chi connectivity index (χ4n) is 2.15. The molecule has 4 nitrogen and oxygen atoms in total. The highest BCUT2D eigenvalue weighted by Gasteiger charge is 2.31. The van der Waals surface area contributed by atoms with Crippen molar-refractivity contribution in [1.82, 2.24) is 4.90 Å². The fourth-order valence-corrected chi connectivity index (χ4v) is 2.15. The SMILES string of the molecule is CC1CN(C(=O)c2ccc(OC(F)(F)F)cc2)C(C)CO1. The summed E-state index contributed by atoms with van der Waals surface area (Å²) in [5.74, 6) is -0.571. The molecule has 1 fully saturated rings. The van der Waals surface area contributed by atoms with Crippen molar-refractivity contribution in [2.45, 2.75) is 32.4 Å². The molecule has 1 aromatic rings. The van der Waals surface area contributed by atoms with Crippen LogP contribution in [0.5, 0.6) is 5.75 Å². The van der Waals surface area contributed by atoms with Gasteiger partial charge in [-0.1, -0.05) is 0 Å². The van der Waals surface area contributed by atoms with Gasteiger partial charge in [-0.25, -0.2) is 0 Å². The summed E-state index contributed by atoms with van der Waals surface area (Å²) in [7, 11) is 0. The van der Waals surface area contributed by atoms with E-state index in [1.54, 1.807) is 4.90 Å². The molecule has 2 atom stereocenters. The standard InChI is InChI=1S/C14H16F3NO3/c1-9-8-20-10(2)7-18(9)13(19)11-3-5-12(6-4-11)21-14(15,16)17/h3-6,9-10H,7-8H2,1-2H3. The Morgan fingerprint density at radius 2 is 1.90 bits per heavy atom. The molecule has 7 heteroatoms. The zero-order valence-corrected chi connectivity index (χ0v) is 11.7. The van der Waals surface area contributed by atoms with Crippen LogP contribution in [0, 0.1) is 0 Å². The molecule has 1 aromatic carbocycles. The van der Waals surface area contributed by atoms with E-state index in [0.717, 1.165) is 12.1 Å². The lowest BCUT2D eigenvalue weighted by Gasteiger charge is -2.36. The van der Waals surface area contributed by atoms with Crippen molar-refractivity contribution in [3.05, 3.63) is 29.8 Å². The summed E-state index contributed by atoms with van der Waals surface area (Å²) in [5, 5.41) is 0. The van der Waals surface area contributed by atoms with Crippen molar-refractivity contribution in [3.8, 4) is 5.75 Å². The summed E-state index contributed by atoms with van der Waals surface area (Å²) >= 11 is 0. The van der Waals surface area contributed by atoms with Gasteiger partial charge in [0.15, 0.2) is 0 Å². The first-order valence-corrected chi connectivity index (χ1v) is 6.54. The molecule has 1 saturated heterocycles. The van der Waals surface area contributed by atoms with Gasteiger partial charge >= 0.3 is 6.36 Å². The summed E-state index contributed by atoms with van der Waals surface area (Å²) in [5.41, 5.74) is 0.325. The quantitative estimate of drug-likeness (QED) is 0.843. The van der Waals surface area contributed by atoms with Gasteiger partial charge in [0.2, 0.25) is 0 Å². The molecule has 1 aliphatic heterocycles. The van der Waals surface area contributed by atoms with Crippen LogP contribution in [-0.4, -0.2) is 42.5 Å². The van der Waals surface area contributed by atoms with Crippen molar-refractivity contribution >= 4 is 5.91 Å². The number of amides is 1.